The van der Waals surface area contributed by atoms with Gasteiger partial charge in [0.05, 0.1) is 0 Å². The van der Waals surface area contributed by atoms with Gasteiger partial charge in [-0.25, -0.2) is 0 Å². The summed E-state index contributed by atoms with van der Waals surface area (Å²) in [6.45, 7) is 5.61. The van der Waals surface area contributed by atoms with Crippen LogP contribution in [-0.4, -0.2) is 63.7 Å². The molecule has 2 N–H and O–H groups in total. The monoisotopic (exact) mass is 421 g/mol. The lowest BCUT2D eigenvalue weighted by Crippen LogP contribution is -2.45. The quantitative estimate of drug-likeness (QED) is 0.566. The topological polar surface area (TPSA) is 42.9 Å². The van der Waals surface area contributed by atoms with Crippen molar-refractivity contribution >= 4 is 27.6 Å². The highest BCUT2D eigenvalue weighted by molar-refractivity contribution is 9.10. The smallest absolute Gasteiger partial charge is 0.191 e. The van der Waals surface area contributed by atoms with Crippen molar-refractivity contribution in [2.75, 3.05) is 51.7 Å². The van der Waals surface area contributed by atoms with Crippen LogP contribution in [-0.2, 0) is 0 Å². The fraction of sp³-hybridized carbons (Fsp3) is 0.650. The Morgan fingerprint density at radius 3 is 2.58 bits per heavy atom. The molecule has 0 spiro atoms. The SMILES string of the molecule is CN=C(NCCC1CCN(C)CC1)NC1CCN(c2ccc(Br)cc2)C1. The van der Waals surface area contributed by atoms with Crippen molar-refractivity contribution in [2.45, 2.75) is 31.7 Å². The van der Waals surface area contributed by atoms with Crippen molar-refractivity contribution < 1.29 is 0 Å². The number of nitrogens with one attached hydrogen (secondary N) is 2. The maximum absolute atomic E-state index is 4.42. The first kappa shape index (κ1) is 19.5. The molecule has 0 amide bonds. The Labute approximate surface area is 166 Å². The minimum absolute atomic E-state index is 0.452. The molecule has 1 unspecified atom stereocenters. The predicted molar refractivity (Wildman–Crippen MR) is 114 cm³/mol. The molecule has 2 heterocycles. The minimum atomic E-state index is 0.452. The molecule has 2 saturated heterocycles. The number of likely N-dealkylation sites (tertiary alicyclic amines) is 1. The van der Waals surface area contributed by atoms with Crippen LogP contribution in [0.5, 0.6) is 0 Å². The zero-order chi connectivity index (χ0) is 18.4. The Morgan fingerprint density at radius 2 is 1.88 bits per heavy atom. The second-order valence-electron chi connectivity index (χ2n) is 7.59. The van der Waals surface area contributed by atoms with Crippen LogP contribution < -0.4 is 15.5 Å². The maximum Gasteiger partial charge on any atom is 0.191 e. The summed E-state index contributed by atoms with van der Waals surface area (Å²) < 4.78 is 1.13. The van der Waals surface area contributed by atoms with Crippen LogP contribution >= 0.6 is 15.9 Å². The Kier molecular flexibility index (Phi) is 7.20. The third-order valence-electron chi connectivity index (χ3n) is 5.63. The van der Waals surface area contributed by atoms with Crippen LogP contribution in [0.25, 0.3) is 0 Å². The number of benzene rings is 1. The molecule has 2 aliphatic rings. The summed E-state index contributed by atoms with van der Waals surface area (Å²) in [5, 5.41) is 7.12. The molecular formula is C20H32BrN5. The average Bonchev–Trinajstić information content (AvgIpc) is 3.11. The first-order valence-corrected chi connectivity index (χ1v) is 10.6. The molecule has 6 heteroatoms. The molecule has 0 bridgehead atoms. The minimum Gasteiger partial charge on any atom is -0.369 e. The lowest BCUT2D eigenvalue weighted by molar-refractivity contribution is 0.213. The Morgan fingerprint density at radius 1 is 1.15 bits per heavy atom. The van der Waals surface area contributed by atoms with Gasteiger partial charge in [-0.05, 0) is 76.0 Å². The highest BCUT2D eigenvalue weighted by Crippen LogP contribution is 2.22. The number of hydrogen-bond donors (Lipinski definition) is 2. The number of piperidine rings is 1. The van der Waals surface area contributed by atoms with Gasteiger partial charge in [-0.3, -0.25) is 4.99 Å². The van der Waals surface area contributed by atoms with E-state index in [1.807, 2.05) is 7.05 Å². The largest absolute Gasteiger partial charge is 0.369 e. The second-order valence-corrected chi connectivity index (χ2v) is 8.50. The molecule has 1 atom stereocenters. The lowest BCUT2D eigenvalue weighted by atomic mass is 9.94. The molecule has 144 valence electrons. The number of nitrogens with zero attached hydrogens (tertiary/aromatic N) is 3. The number of anilines is 1. The van der Waals surface area contributed by atoms with Gasteiger partial charge < -0.3 is 20.4 Å². The summed E-state index contributed by atoms with van der Waals surface area (Å²) >= 11 is 3.51. The van der Waals surface area contributed by atoms with Crippen LogP contribution in [0, 0.1) is 5.92 Å². The summed E-state index contributed by atoms with van der Waals surface area (Å²) in [4.78, 5) is 9.29. The molecule has 5 nitrogen and oxygen atoms in total. The van der Waals surface area contributed by atoms with Gasteiger partial charge >= 0.3 is 0 Å². The summed E-state index contributed by atoms with van der Waals surface area (Å²) in [6.07, 6.45) is 5.04. The number of guanidine groups is 1. The lowest BCUT2D eigenvalue weighted by Gasteiger charge is -2.29. The van der Waals surface area contributed by atoms with E-state index in [0.29, 0.717) is 6.04 Å². The molecule has 26 heavy (non-hydrogen) atoms. The van der Waals surface area contributed by atoms with Gasteiger partial charge in [-0.1, -0.05) is 15.9 Å². The Hall–Kier alpha value is -1.27. The van der Waals surface area contributed by atoms with Gasteiger partial charge in [0, 0.05) is 42.9 Å². The van der Waals surface area contributed by atoms with Gasteiger partial charge in [-0.15, -0.1) is 0 Å². The number of halogens is 1. The molecule has 3 rings (SSSR count). The van der Waals surface area contributed by atoms with E-state index in [1.165, 1.54) is 38.0 Å². The second kappa shape index (κ2) is 9.60. The van der Waals surface area contributed by atoms with Crippen molar-refractivity contribution in [1.82, 2.24) is 15.5 Å². The van der Waals surface area contributed by atoms with E-state index < -0.39 is 0 Å². The van der Waals surface area contributed by atoms with Crippen LogP contribution in [0.4, 0.5) is 5.69 Å². The fourth-order valence-corrected chi connectivity index (χ4v) is 4.16. The van der Waals surface area contributed by atoms with Crippen LogP contribution in [0.1, 0.15) is 25.7 Å². The van der Waals surface area contributed by atoms with Gasteiger partial charge in [-0.2, -0.15) is 0 Å². The molecule has 0 aliphatic carbocycles. The summed E-state index contributed by atoms with van der Waals surface area (Å²) in [5.41, 5.74) is 1.29. The highest BCUT2D eigenvalue weighted by atomic mass is 79.9. The zero-order valence-corrected chi connectivity index (χ0v) is 17.6. The van der Waals surface area contributed by atoms with E-state index in [-0.39, 0.29) is 0 Å². The third-order valence-corrected chi connectivity index (χ3v) is 6.16. The van der Waals surface area contributed by atoms with Crippen molar-refractivity contribution in [1.29, 1.82) is 0 Å². The maximum atomic E-state index is 4.42. The normalized spacial score (nSPS) is 22.7. The van der Waals surface area contributed by atoms with E-state index in [2.05, 4.69) is 72.7 Å². The van der Waals surface area contributed by atoms with Crippen LogP contribution in [0.3, 0.4) is 0 Å². The van der Waals surface area contributed by atoms with Gasteiger partial charge in [0.25, 0.3) is 0 Å². The number of hydrogen-bond acceptors (Lipinski definition) is 3. The molecule has 2 aliphatic heterocycles. The van der Waals surface area contributed by atoms with Crippen molar-refractivity contribution in [3.8, 4) is 0 Å². The van der Waals surface area contributed by atoms with E-state index in [4.69, 9.17) is 0 Å². The molecule has 0 saturated carbocycles. The molecular weight excluding hydrogens is 390 g/mol. The zero-order valence-electron chi connectivity index (χ0n) is 16.0. The number of aliphatic imine (C=N–C) groups is 1. The first-order valence-electron chi connectivity index (χ1n) is 9.80. The van der Waals surface area contributed by atoms with Gasteiger partial charge in [0.2, 0.25) is 0 Å². The van der Waals surface area contributed by atoms with E-state index in [9.17, 15) is 0 Å². The molecule has 1 aromatic carbocycles. The van der Waals surface area contributed by atoms with E-state index in [1.54, 1.807) is 0 Å². The third kappa shape index (κ3) is 5.61. The van der Waals surface area contributed by atoms with Gasteiger partial charge in [0.15, 0.2) is 5.96 Å². The fourth-order valence-electron chi connectivity index (χ4n) is 3.90. The molecule has 1 aromatic rings. The number of rotatable bonds is 5. The average molecular weight is 422 g/mol. The van der Waals surface area contributed by atoms with Crippen molar-refractivity contribution in [3.05, 3.63) is 28.7 Å². The molecule has 2 fully saturated rings. The predicted octanol–water partition coefficient (Wildman–Crippen LogP) is 2.92. The summed E-state index contributed by atoms with van der Waals surface area (Å²) in [7, 11) is 4.09. The van der Waals surface area contributed by atoms with E-state index in [0.717, 1.165) is 42.4 Å². The molecule has 0 radical (unpaired) electrons. The first-order chi connectivity index (χ1) is 12.6. The summed E-state index contributed by atoms with van der Waals surface area (Å²) in [6, 6.07) is 9.04. The van der Waals surface area contributed by atoms with E-state index >= 15 is 0 Å². The molecule has 0 aromatic heterocycles. The van der Waals surface area contributed by atoms with Crippen LogP contribution in [0.15, 0.2) is 33.7 Å². The van der Waals surface area contributed by atoms with Gasteiger partial charge in [0.1, 0.15) is 0 Å². The van der Waals surface area contributed by atoms with Crippen LogP contribution in [0.2, 0.25) is 0 Å². The summed E-state index contributed by atoms with van der Waals surface area (Å²) in [5.74, 6) is 1.80. The van der Waals surface area contributed by atoms with Crippen molar-refractivity contribution in [3.63, 3.8) is 0 Å². The Balaban J connectivity index is 1.39. The standard InChI is InChI=1S/C20H32BrN5/c1-22-20(23-11-7-16-8-12-25(2)13-9-16)24-18-10-14-26(15-18)19-5-3-17(21)4-6-19/h3-6,16,18H,7-15H2,1-2H3,(H2,22,23,24). The Bertz CT molecular complexity index is 580. The highest BCUT2D eigenvalue weighted by Gasteiger charge is 2.23. The van der Waals surface area contributed by atoms with Crippen molar-refractivity contribution in [2.24, 2.45) is 10.9 Å².